The second kappa shape index (κ2) is 8.72. The van der Waals surface area contributed by atoms with Crippen LogP contribution >= 0.6 is 0 Å². The highest BCUT2D eigenvalue weighted by molar-refractivity contribution is 5.78. The van der Waals surface area contributed by atoms with Crippen molar-refractivity contribution in [2.45, 2.75) is 44.7 Å². The highest BCUT2D eigenvalue weighted by atomic mass is 19.2. The number of piperidine rings is 1. The molecule has 0 atom stereocenters. The number of likely N-dealkylation sites (tertiary alicyclic amines) is 1. The van der Waals surface area contributed by atoms with E-state index in [-0.39, 0.29) is 11.4 Å². The van der Waals surface area contributed by atoms with E-state index in [1.54, 1.807) is 6.07 Å². The molecule has 1 amide bonds. The molecule has 0 bridgehead atoms. The monoisotopic (exact) mass is 413 g/mol. The van der Waals surface area contributed by atoms with Gasteiger partial charge in [0, 0.05) is 50.4 Å². The van der Waals surface area contributed by atoms with Gasteiger partial charge in [-0.05, 0) is 55.5 Å². The number of benzene rings is 2. The standard InChI is InChI=1S/C24H29F2N3O/c1-2-29-12-9-19-5-3-4-6-22(19)27-24(16-23(29)30)10-13-28(14-11-24)17-18-7-8-20(25)21(26)15-18/h3-8,15,27H,2,9-14,16-17H2,1H3. The highest BCUT2D eigenvalue weighted by Crippen LogP contribution is 2.34. The van der Waals surface area contributed by atoms with Gasteiger partial charge in [-0.1, -0.05) is 24.3 Å². The number of amides is 1. The summed E-state index contributed by atoms with van der Waals surface area (Å²) in [6.07, 6.45) is 2.98. The molecule has 2 aliphatic heterocycles. The molecule has 0 saturated carbocycles. The molecule has 0 radical (unpaired) electrons. The van der Waals surface area contributed by atoms with Crippen molar-refractivity contribution in [3.8, 4) is 0 Å². The Bertz CT molecular complexity index is 909. The lowest BCUT2D eigenvalue weighted by atomic mass is 9.83. The number of fused-ring (bicyclic) bond motifs is 1. The number of anilines is 1. The van der Waals surface area contributed by atoms with Gasteiger partial charge in [-0.25, -0.2) is 8.78 Å². The van der Waals surface area contributed by atoms with Crippen molar-refractivity contribution in [2.75, 3.05) is 31.5 Å². The van der Waals surface area contributed by atoms with E-state index < -0.39 is 11.6 Å². The molecule has 2 aromatic rings. The molecule has 0 aromatic heterocycles. The fourth-order valence-electron chi connectivity index (χ4n) is 4.64. The van der Waals surface area contributed by atoms with Crippen LogP contribution in [-0.2, 0) is 17.8 Å². The fourth-order valence-corrected chi connectivity index (χ4v) is 4.64. The van der Waals surface area contributed by atoms with Gasteiger partial charge >= 0.3 is 0 Å². The average Bonchev–Trinajstić information content (AvgIpc) is 2.79. The highest BCUT2D eigenvalue weighted by Gasteiger charge is 2.38. The second-order valence-corrected chi connectivity index (χ2v) is 8.49. The largest absolute Gasteiger partial charge is 0.379 e. The van der Waals surface area contributed by atoms with E-state index in [9.17, 15) is 13.6 Å². The van der Waals surface area contributed by atoms with Crippen LogP contribution in [0.25, 0.3) is 0 Å². The fraction of sp³-hybridized carbons (Fsp3) is 0.458. The van der Waals surface area contributed by atoms with Gasteiger partial charge in [0.1, 0.15) is 0 Å². The Hall–Kier alpha value is -2.47. The summed E-state index contributed by atoms with van der Waals surface area (Å²) in [6.45, 7) is 5.68. The number of hydrogen-bond acceptors (Lipinski definition) is 3. The molecule has 0 aliphatic carbocycles. The van der Waals surface area contributed by atoms with Gasteiger partial charge in [0.15, 0.2) is 11.6 Å². The summed E-state index contributed by atoms with van der Waals surface area (Å²) in [6, 6.07) is 12.4. The molecule has 4 rings (SSSR count). The Morgan fingerprint density at radius 1 is 1.03 bits per heavy atom. The molecule has 160 valence electrons. The third-order valence-electron chi connectivity index (χ3n) is 6.50. The molecule has 1 N–H and O–H groups in total. The number of carbonyl (C=O) groups excluding carboxylic acids is 1. The Morgan fingerprint density at radius 3 is 2.53 bits per heavy atom. The molecule has 2 aromatic carbocycles. The second-order valence-electron chi connectivity index (χ2n) is 8.49. The molecule has 2 aliphatic rings. The SMILES string of the molecule is CCN1CCc2ccccc2NC2(CCN(Cc3ccc(F)c(F)c3)CC2)CC1=O. The van der Waals surface area contributed by atoms with E-state index in [2.05, 4.69) is 22.3 Å². The molecule has 30 heavy (non-hydrogen) atoms. The minimum atomic E-state index is -0.816. The summed E-state index contributed by atoms with van der Waals surface area (Å²) in [4.78, 5) is 17.2. The van der Waals surface area contributed by atoms with Gasteiger partial charge in [0.25, 0.3) is 0 Å². The van der Waals surface area contributed by atoms with E-state index in [1.165, 1.54) is 17.7 Å². The molecule has 0 unspecified atom stereocenters. The average molecular weight is 414 g/mol. The maximum absolute atomic E-state index is 13.5. The maximum Gasteiger partial charge on any atom is 0.224 e. The Balaban J connectivity index is 1.51. The van der Waals surface area contributed by atoms with Crippen LogP contribution in [0.3, 0.4) is 0 Å². The predicted octanol–water partition coefficient (Wildman–Crippen LogP) is 4.21. The molecule has 1 fully saturated rings. The van der Waals surface area contributed by atoms with Crippen LogP contribution in [0.5, 0.6) is 0 Å². The van der Waals surface area contributed by atoms with E-state index in [0.717, 1.165) is 56.7 Å². The molecular formula is C24H29F2N3O. The van der Waals surface area contributed by atoms with E-state index in [4.69, 9.17) is 0 Å². The van der Waals surface area contributed by atoms with Gasteiger partial charge in [0.2, 0.25) is 5.91 Å². The van der Waals surface area contributed by atoms with Crippen molar-refractivity contribution >= 4 is 11.6 Å². The van der Waals surface area contributed by atoms with Crippen molar-refractivity contribution in [2.24, 2.45) is 0 Å². The molecule has 4 nitrogen and oxygen atoms in total. The van der Waals surface area contributed by atoms with E-state index in [1.807, 2.05) is 24.0 Å². The Kier molecular flexibility index (Phi) is 6.04. The Morgan fingerprint density at radius 2 is 1.80 bits per heavy atom. The summed E-state index contributed by atoms with van der Waals surface area (Å²) in [7, 11) is 0. The van der Waals surface area contributed by atoms with Crippen molar-refractivity contribution in [1.82, 2.24) is 9.80 Å². The van der Waals surface area contributed by atoms with Crippen LogP contribution in [0.2, 0.25) is 0 Å². The number of rotatable bonds is 3. The number of nitrogens with one attached hydrogen (secondary N) is 1. The van der Waals surface area contributed by atoms with Crippen molar-refractivity contribution in [3.63, 3.8) is 0 Å². The van der Waals surface area contributed by atoms with Crippen molar-refractivity contribution < 1.29 is 13.6 Å². The van der Waals surface area contributed by atoms with Crippen LogP contribution in [0.15, 0.2) is 42.5 Å². The van der Waals surface area contributed by atoms with Gasteiger partial charge in [-0.3, -0.25) is 9.69 Å². The lowest BCUT2D eigenvalue weighted by Crippen LogP contribution is -2.51. The lowest BCUT2D eigenvalue weighted by Gasteiger charge is -2.43. The van der Waals surface area contributed by atoms with Crippen LogP contribution in [0.4, 0.5) is 14.5 Å². The molecule has 6 heteroatoms. The minimum absolute atomic E-state index is 0.201. The molecule has 2 heterocycles. The van der Waals surface area contributed by atoms with Crippen LogP contribution in [-0.4, -0.2) is 47.4 Å². The third-order valence-corrected chi connectivity index (χ3v) is 6.50. The van der Waals surface area contributed by atoms with Gasteiger partial charge < -0.3 is 10.2 Å². The minimum Gasteiger partial charge on any atom is -0.379 e. The van der Waals surface area contributed by atoms with Crippen molar-refractivity contribution in [3.05, 3.63) is 65.2 Å². The van der Waals surface area contributed by atoms with E-state index >= 15 is 0 Å². The number of hydrogen-bond donors (Lipinski definition) is 1. The van der Waals surface area contributed by atoms with E-state index in [0.29, 0.717) is 13.0 Å². The summed E-state index contributed by atoms with van der Waals surface area (Å²) < 4.78 is 26.8. The topological polar surface area (TPSA) is 35.6 Å². The van der Waals surface area contributed by atoms with Crippen LogP contribution in [0.1, 0.15) is 37.3 Å². The summed E-state index contributed by atoms with van der Waals surface area (Å²) in [5, 5.41) is 3.75. The predicted molar refractivity (Wildman–Crippen MR) is 114 cm³/mol. The van der Waals surface area contributed by atoms with Crippen LogP contribution in [0, 0.1) is 11.6 Å². The lowest BCUT2D eigenvalue weighted by molar-refractivity contribution is -0.132. The molecule has 1 spiro atoms. The maximum atomic E-state index is 13.5. The van der Waals surface area contributed by atoms with Crippen LogP contribution < -0.4 is 5.32 Å². The number of para-hydroxylation sites is 1. The van der Waals surface area contributed by atoms with Gasteiger partial charge in [0.05, 0.1) is 0 Å². The Labute approximate surface area is 176 Å². The zero-order chi connectivity index (χ0) is 21.1. The first-order valence-corrected chi connectivity index (χ1v) is 10.8. The summed E-state index contributed by atoms with van der Waals surface area (Å²) in [5.74, 6) is -1.42. The number of halogens is 2. The molecule has 1 saturated heterocycles. The van der Waals surface area contributed by atoms with Crippen molar-refractivity contribution in [1.29, 1.82) is 0 Å². The first-order valence-electron chi connectivity index (χ1n) is 10.8. The number of likely N-dealkylation sites (N-methyl/N-ethyl adjacent to an activating group) is 1. The normalized spacial score (nSPS) is 19.6. The number of carbonyl (C=O) groups is 1. The zero-order valence-electron chi connectivity index (χ0n) is 17.5. The first kappa shape index (κ1) is 20.8. The zero-order valence-corrected chi connectivity index (χ0v) is 17.5. The molecular weight excluding hydrogens is 384 g/mol. The first-order chi connectivity index (χ1) is 14.5. The summed E-state index contributed by atoms with van der Waals surface area (Å²) in [5.41, 5.74) is 2.85. The van der Waals surface area contributed by atoms with Gasteiger partial charge in [-0.15, -0.1) is 0 Å². The van der Waals surface area contributed by atoms with Gasteiger partial charge in [-0.2, -0.15) is 0 Å². The smallest absolute Gasteiger partial charge is 0.224 e. The number of nitrogens with zero attached hydrogens (tertiary/aromatic N) is 2. The third kappa shape index (κ3) is 4.48. The summed E-state index contributed by atoms with van der Waals surface area (Å²) >= 11 is 0. The quantitative estimate of drug-likeness (QED) is 0.819.